The monoisotopic (exact) mass is 414 g/mol. The number of aliphatic carboxylic acids is 1. The summed E-state index contributed by atoms with van der Waals surface area (Å²) in [5.74, 6) is -1.01. The maximum absolute atomic E-state index is 13.2. The summed E-state index contributed by atoms with van der Waals surface area (Å²) in [5, 5.41) is 9.72. The maximum Gasteiger partial charge on any atom is 0.308 e. The highest BCUT2D eigenvalue weighted by Gasteiger charge is 2.40. The highest BCUT2D eigenvalue weighted by Crippen LogP contribution is 2.34. The van der Waals surface area contributed by atoms with Crippen LogP contribution in [0.4, 0.5) is 0 Å². The van der Waals surface area contributed by atoms with E-state index in [1.807, 2.05) is 48.5 Å². The van der Waals surface area contributed by atoms with Gasteiger partial charge in [0.15, 0.2) is 0 Å². The van der Waals surface area contributed by atoms with Crippen LogP contribution in [0.2, 0.25) is 0 Å². The summed E-state index contributed by atoms with van der Waals surface area (Å²) in [6, 6.07) is 17.4. The van der Waals surface area contributed by atoms with Gasteiger partial charge in [0.25, 0.3) is 5.91 Å². The minimum atomic E-state index is -0.878. The Hall–Kier alpha value is -3.67. The van der Waals surface area contributed by atoms with Gasteiger partial charge in [0.1, 0.15) is 5.75 Å². The zero-order valence-corrected chi connectivity index (χ0v) is 16.9. The Morgan fingerprint density at radius 2 is 1.84 bits per heavy atom. The molecule has 31 heavy (non-hydrogen) atoms. The number of hydrogen-bond acceptors (Lipinski definition) is 4. The van der Waals surface area contributed by atoms with Crippen LogP contribution in [0.5, 0.6) is 5.75 Å². The largest absolute Gasteiger partial charge is 0.493 e. The average molecular weight is 414 g/mol. The van der Waals surface area contributed by atoms with Gasteiger partial charge in [0.05, 0.1) is 18.1 Å². The van der Waals surface area contributed by atoms with Crippen molar-refractivity contribution in [2.24, 2.45) is 5.92 Å². The molecule has 1 aromatic heterocycles. The first-order chi connectivity index (χ1) is 15.1. The van der Waals surface area contributed by atoms with Crippen LogP contribution in [0.3, 0.4) is 0 Å². The summed E-state index contributed by atoms with van der Waals surface area (Å²) in [6.45, 7) is 1.26. The van der Waals surface area contributed by atoms with Crippen molar-refractivity contribution in [2.45, 2.75) is 12.3 Å². The first-order valence-corrected chi connectivity index (χ1v) is 10.4. The molecular formula is C25H22N2O4. The molecule has 5 rings (SSSR count). The Morgan fingerprint density at radius 1 is 1.00 bits per heavy atom. The molecule has 2 atom stereocenters. The quantitative estimate of drug-likeness (QED) is 0.705. The van der Waals surface area contributed by atoms with E-state index in [1.165, 1.54) is 0 Å². The molecule has 6 heteroatoms. The highest BCUT2D eigenvalue weighted by molar-refractivity contribution is 5.96. The number of fused-ring (bicyclic) bond motifs is 1. The molecule has 6 nitrogen and oxygen atoms in total. The Morgan fingerprint density at radius 3 is 2.65 bits per heavy atom. The van der Waals surface area contributed by atoms with Gasteiger partial charge in [0.2, 0.25) is 0 Å². The number of ether oxygens (including phenoxy) is 1. The lowest BCUT2D eigenvalue weighted by Crippen LogP contribution is -2.30. The second-order valence-electron chi connectivity index (χ2n) is 8.06. The zero-order valence-electron chi connectivity index (χ0n) is 16.9. The Bertz CT molecular complexity index is 1150. The van der Waals surface area contributed by atoms with Gasteiger partial charge in [-0.15, -0.1) is 0 Å². The van der Waals surface area contributed by atoms with Crippen LogP contribution in [0.15, 0.2) is 67.0 Å². The second-order valence-corrected chi connectivity index (χ2v) is 8.06. The fourth-order valence-corrected chi connectivity index (χ4v) is 4.52. The number of aromatic nitrogens is 1. The molecule has 156 valence electrons. The summed E-state index contributed by atoms with van der Waals surface area (Å²) in [5.41, 5.74) is 4.40. The highest BCUT2D eigenvalue weighted by atomic mass is 16.5. The second kappa shape index (κ2) is 7.87. The lowest BCUT2D eigenvalue weighted by molar-refractivity contribution is -0.141. The van der Waals surface area contributed by atoms with Crippen LogP contribution in [0.1, 0.15) is 27.4 Å². The molecule has 0 aliphatic carbocycles. The molecule has 2 aromatic carbocycles. The fourth-order valence-electron chi connectivity index (χ4n) is 4.52. The Balaban J connectivity index is 1.40. The number of rotatable bonds is 4. The summed E-state index contributed by atoms with van der Waals surface area (Å²) < 4.78 is 5.57. The summed E-state index contributed by atoms with van der Waals surface area (Å²) in [6.07, 6.45) is 4.17. The maximum atomic E-state index is 13.2. The molecule has 2 aliphatic rings. The third-order valence-electron chi connectivity index (χ3n) is 6.16. The van der Waals surface area contributed by atoms with Crippen LogP contribution in [-0.2, 0) is 11.2 Å². The van der Waals surface area contributed by atoms with E-state index in [1.54, 1.807) is 17.3 Å². The SMILES string of the molecule is O=C(O)[C@@H]1CN(C(=O)c2cncc(-c3ccc4c(c3)CCO4)c2)C[C@H]1c1ccccc1. The van der Waals surface area contributed by atoms with E-state index in [0.717, 1.165) is 34.4 Å². The van der Waals surface area contributed by atoms with Crippen molar-refractivity contribution in [3.05, 3.63) is 83.7 Å². The molecule has 1 fully saturated rings. The van der Waals surface area contributed by atoms with Crippen molar-refractivity contribution in [3.63, 3.8) is 0 Å². The van der Waals surface area contributed by atoms with Gasteiger partial charge >= 0.3 is 5.97 Å². The van der Waals surface area contributed by atoms with E-state index in [9.17, 15) is 14.7 Å². The van der Waals surface area contributed by atoms with E-state index in [4.69, 9.17) is 4.74 Å². The third kappa shape index (κ3) is 3.65. The zero-order chi connectivity index (χ0) is 21.4. The minimum absolute atomic E-state index is 0.189. The van der Waals surface area contributed by atoms with Gasteiger partial charge < -0.3 is 14.7 Å². The molecule has 0 radical (unpaired) electrons. The molecule has 1 saturated heterocycles. The van der Waals surface area contributed by atoms with Crippen molar-refractivity contribution in [1.29, 1.82) is 0 Å². The van der Waals surface area contributed by atoms with Crippen molar-refractivity contribution in [3.8, 4) is 16.9 Å². The number of likely N-dealkylation sites (tertiary alicyclic amines) is 1. The molecular weight excluding hydrogens is 392 g/mol. The predicted molar refractivity (Wildman–Crippen MR) is 115 cm³/mol. The van der Waals surface area contributed by atoms with Crippen molar-refractivity contribution in [1.82, 2.24) is 9.88 Å². The third-order valence-corrected chi connectivity index (χ3v) is 6.16. The van der Waals surface area contributed by atoms with Gasteiger partial charge in [0, 0.05) is 43.4 Å². The topological polar surface area (TPSA) is 79.7 Å². The number of benzene rings is 2. The van der Waals surface area contributed by atoms with Gasteiger partial charge in [-0.05, 0) is 34.9 Å². The van der Waals surface area contributed by atoms with Crippen LogP contribution in [0.25, 0.3) is 11.1 Å². The van der Waals surface area contributed by atoms with Crippen LogP contribution < -0.4 is 4.74 Å². The van der Waals surface area contributed by atoms with Gasteiger partial charge in [-0.2, -0.15) is 0 Å². The van der Waals surface area contributed by atoms with Crippen LogP contribution in [0, 0.1) is 5.92 Å². The van der Waals surface area contributed by atoms with E-state index >= 15 is 0 Å². The Kier molecular flexibility index (Phi) is 4.90. The van der Waals surface area contributed by atoms with Gasteiger partial charge in [-0.25, -0.2) is 0 Å². The number of amides is 1. The summed E-state index contributed by atoms with van der Waals surface area (Å²) in [4.78, 5) is 31.0. The predicted octanol–water partition coefficient (Wildman–Crippen LogP) is 3.62. The van der Waals surface area contributed by atoms with Crippen LogP contribution >= 0.6 is 0 Å². The number of carbonyl (C=O) groups is 2. The molecule has 0 bridgehead atoms. The lowest BCUT2D eigenvalue weighted by atomic mass is 9.89. The number of hydrogen-bond donors (Lipinski definition) is 1. The molecule has 0 spiro atoms. The number of nitrogens with zero attached hydrogens (tertiary/aromatic N) is 2. The van der Waals surface area contributed by atoms with Crippen molar-refractivity contribution >= 4 is 11.9 Å². The van der Waals surface area contributed by atoms with Crippen molar-refractivity contribution < 1.29 is 19.4 Å². The van der Waals surface area contributed by atoms with E-state index in [-0.39, 0.29) is 18.4 Å². The average Bonchev–Trinajstić information content (AvgIpc) is 3.46. The fraction of sp³-hybridized carbons (Fsp3) is 0.240. The minimum Gasteiger partial charge on any atom is -0.493 e. The number of carboxylic acid groups (broad SMARTS) is 1. The summed E-state index contributed by atoms with van der Waals surface area (Å²) in [7, 11) is 0. The lowest BCUT2D eigenvalue weighted by Gasteiger charge is -2.17. The molecule has 1 N–H and O–H groups in total. The molecule has 0 saturated carbocycles. The normalized spacial score (nSPS) is 19.7. The molecule has 0 unspecified atom stereocenters. The number of pyridine rings is 1. The molecule has 3 heterocycles. The summed E-state index contributed by atoms with van der Waals surface area (Å²) >= 11 is 0. The first-order valence-electron chi connectivity index (χ1n) is 10.4. The first kappa shape index (κ1) is 19.3. The molecule has 3 aromatic rings. The van der Waals surface area contributed by atoms with Crippen LogP contribution in [-0.4, -0.2) is 46.6 Å². The Labute approximate surface area is 180 Å². The van der Waals surface area contributed by atoms with E-state index in [2.05, 4.69) is 11.1 Å². The molecule has 1 amide bonds. The van der Waals surface area contributed by atoms with Gasteiger partial charge in [-0.3, -0.25) is 14.6 Å². The van der Waals surface area contributed by atoms with Crippen molar-refractivity contribution in [2.75, 3.05) is 19.7 Å². The van der Waals surface area contributed by atoms with Gasteiger partial charge in [-0.1, -0.05) is 36.4 Å². The standard InChI is InChI=1S/C25H22N2O4/c28-24(27-14-21(22(15-27)25(29)30)16-4-2-1-3-5-16)20-11-19(12-26-13-20)17-6-7-23-18(10-17)8-9-31-23/h1-7,10-13,21-22H,8-9,14-15H2,(H,29,30)/t21-,22+/m0/s1. The van der Waals surface area contributed by atoms with E-state index < -0.39 is 11.9 Å². The van der Waals surface area contributed by atoms with E-state index in [0.29, 0.717) is 18.7 Å². The number of carbonyl (C=O) groups excluding carboxylic acids is 1. The molecule has 2 aliphatic heterocycles. The smallest absolute Gasteiger partial charge is 0.308 e. The number of carboxylic acids is 1.